The molecule has 0 spiro atoms. The Kier molecular flexibility index (Phi) is 5.90. The maximum atomic E-state index is 12.5. The molecule has 0 aliphatic carbocycles. The van der Waals surface area contributed by atoms with Crippen LogP contribution in [0.5, 0.6) is 0 Å². The van der Waals surface area contributed by atoms with Crippen LogP contribution in [-0.2, 0) is 16.6 Å². The highest BCUT2D eigenvalue weighted by Crippen LogP contribution is 2.27. The molecular weight excluding hydrogens is 428 g/mol. The van der Waals surface area contributed by atoms with Gasteiger partial charge in [0.15, 0.2) is 11.2 Å². The van der Waals surface area contributed by atoms with Crippen molar-refractivity contribution >= 4 is 32.8 Å². The van der Waals surface area contributed by atoms with Gasteiger partial charge in [-0.1, -0.05) is 35.9 Å². The molecule has 1 saturated heterocycles. The van der Waals surface area contributed by atoms with E-state index in [1.54, 1.807) is 10.7 Å². The molecule has 0 amide bonds. The smallest absolute Gasteiger partial charge is 0.281 e. The SMILES string of the molecule is CCCS(=O)(=O)N1CCC(c2nc3c(nnn3Cc3cccc(Cl)c3)c(=O)[nH]2)CC1. The molecule has 1 aliphatic heterocycles. The molecule has 1 aromatic carbocycles. The summed E-state index contributed by atoms with van der Waals surface area (Å²) in [6.45, 7) is 3.10. The summed E-state index contributed by atoms with van der Waals surface area (Å²) in [7, 11) is -3.21. The van der Waals surface area contributed by atoms with E-state index in [1.165, 1.54) is 4.31 Å². The monoisotopic (exact) mass is 450 g/mol. The molecule has 1 N–H and O–H groups in total. The van der Waals surface area contributed by atoms with Gasteiger partial charge in [-0.15, -0.1) is 5.10 Å². The van der Waals surface area contributed by atoms with Gasteiger partial charge in [0.05, 0.1) is 12.3 Å². The van der Waals surface area contributed by atoms with Crippen molar-refractivity contribution in [3.8, 4) is 0 Å². The van der Waals surface area contributed by atoms with Crippen LogP contribution in [0, 0.1) is 0 Å². The second kappa shape index (κ2) is 8.44. The number of sulfonamides is 1. The van der Waals surface area contributed by atoms with Crippen LogP contribution in [0.2, 0.25) is 5.02 Å². The zero-order chi connectivity index (χ0) is 21.3. The van der Waals surface area contributed by atoms with Crippen LogP contribution >= 0.6 is 11.6 Å². The molecule has 30 heavy (non-hydrogen) atoms. The standard InChI is InChI=1S/C19H23ClN6O3S/c1-2-10-30(28,29)25-8-6-14(7-9-25)17-21-18-16(19(27)22-17)23-24-26(18)12-13-4-3-5-15(20)11-13/h3-5,11,14H,2,6-10,12H2,1H3,(H,21,22,27). The summed E-state index contributed by atoms with van der Waals surface area (Å²) in [4.78, 5) is 20.0. The first-order chi connectivity index (χ1) is 14.4. The quantitative estimate of drug-likeness (QED) is 0.615. The van der Waals surface area contributed by atoms with Gasteiger partial charge in [0.25, 0.3) is 5.56 Å². The van der Waals surface area contributed by atoms with Gasteiger partial charge >= 0.3 is 0 Å². The van der Waals surface area contributed by atoms with Gasteiger partial charge in [-0.05, 0) is 37.0 Å². The van der Waals surface area contributed by atoms with Crippen molar-refractivity contribution in [2.45, 2.75) is 38.6 Å². The largest absolute Gasteiger partial charge is 0.308 e. The second-order valence-corrected chi connectivity index (χ2v) is 10.0. The third kappa shape index (κ3) is 4.26. The first kappa shape index (κ1) is 21.0. The minimum Gasteiger partial charge on any atom is -0.308 e. The Morgan fingerprint density at radius 2 is 2.03 bits per heavy atom. The predicted octanol–water partition coefficient (Wildman–Crippen LogP) is 2.14. The molecule has 3 aromatic rings. The fourth-order valence-electron chi connectivity index (χ4n) is 3.79. The molecule has 0 bridgehead atoms. The number of nitrogens with zero attached hydrogens (tertiary/aromatic N) is 5. The Morgan fingerprint density at radius 3 is 2.73 bits per heavy atom. The summed E-state index contributed by atoms with van der Waals surface area (Å²) < 4.78 is 27.7. The summed E-state index contributed by atoms with van der Waals surface area (Å²) in [5.74, 6) is 0.687. The number of piperidine rings is 1. The number of rotatable bonds is 6. The van der Waals surface area contributed by atoms with Crippen LogP contribution in [0.1, 0.15) is 43.5 Å². The van der Waals surface area contributed by atoms with Crippen LogP contribution in [0.15, 0.2) is 29.1 Å². The maximum absolute atomic E-state index is 12.5. The third-order valence-corrected chi connectivity index (χ3v) is 7.62. The van der Waals surface area contributed by atoms with Crippen LogP contribution in [-0.4, -0.2) is 56.5 Å². The number of halogens is 1. The highest BCUT2D eigenvalue weighted by Gasteiger charge is 2.29. The average molecular weight is 451 g/mol. The molecule has 0 saturated carbocycles. The number of hydrogen-bond acceptors (Lipinski definition) is 6. The number of nitrogens with one attached hydrogen (secondary N) is 1. The number of aromatic nitrogens is 5. The normalized spacial score (nSPS) is 16.3. The van der Waals surface area contributed by atoms with E-state index in [0.717, 1.165) is 5.56 Å². The lowest BCUT2D eigenvalue weighted by atomic mass is 9.97. The van der Waals surface area contributed by atoms with Crippen molar-refractivity contribution in [1.82, 2.24) is 29.3 Å². The molecule has 9 nitrogen and oxygen atoms in total. The summed E-state index contributed by atoms with van der Waals surface area (Å²) in [5, 5.41) is 8.68. The van der Waals surface area contributed by atoms with Crippen molar-refractivity contribution in [3.05, 3.63) is 51.0 Å². The van der Waals surface area contributed by atoms with Crippen LogP contribution in [0.4, 0.5) is 0 Å². The first-order valence-electron chi connectivity index (χ1n) is 9.93. The molecule has 0 radical (unpaired) electrons. The molecule has 4 rings (SSSR count). The second-order valence-electron chi connectivity index (χ2n) is 7.49. The molecule has 11 heteroatoms. The van der Waals surface area contributed by atoms with Gasteiger partial charge in [0, 0.05) is 24.0 Å². The first-order valence-corrected chi connectivity index (χ1v) is 11.9. The van der Waals surface area contributed by atoms with E-state index >= 15 is 0 Å². The van der Waals surface area contributed by atoms with Crippen molar-refractivity contribution in [2.24, 2.45) is 0 Å². The van der Waals surface area contributed by atoms with E-state index in [2.05, 4.69) is 20.3 Å². The van der Waals surface area contributed by atoms with Gasteiger partial charge in [0.1, 0.15) is 5.82 Å². The Morgan fingerprint density at radius 1 is 1.27 bits per heavy atom. The van der Waals surface area contributed by atoms with Crippen molar-refractivity contribution < 1.29 is 8.42 Å². The lowest BCUT2D eigenvalue weighted by molar-refractivity contribution is 0.313. The number of aromatic amines is 1. The Hall–Kier alpha value is -2.30. The molecule has 1 aliphatic rings. The summed E-state index contributed by atoms with van der Waals surface area (Å²) in [6, 6.07) is 7.39. The summed E-state index contributed by atoms with van der Waals surface area (Å²) in [6.07, 6.45) is 1.80. The van der Waals surface area contributed by atoms with Crippen LogP contribution < -0.4 is 5.56 Å². The maximum Gasteiger partial charge on any atom is 0.281 e. The minimum absolute atomic E-state index is 0.0234. The van der Waals surface area contributed by atoms with Crippen molar-refractivity contribution in [1.29, 1.82) is 0 Å². The molecular formula is C19H23ClN6O3S. The molecule has 160 valence electrons. The van der Waals surface area contributed by atoms with Gasteiger partial charge in [-0.25, -0.2) is 22.4 Å². The Labute approximate surface area is 179 Å². The lowest BCUT2D eigenvalue weighted by Crippen LogP contribution is -2.39. The Balaban J connectivity index is 1.58. The van der Waals surface area contributed by atoms with E-state index in [0.29, 0.717) is 55.4 Å². The Bertz CT molecular complexity index is 1210. The van der Waals surface area contributed by atoms with E-state index in [4.69, 9.17) is 11.6 Å². The molecule has 2 aromatic heterocycles. The van der Waals surface area contributed by atoms with Gasteiger partial charge in [-0.2, -0.15) is 0 Å². The van der Waals surface area contributed by atoms with Crippen LogP contribution in [0.3, 0.4) is 0 Å². The molecule has 1 fully saturated rings. The van der Waals surface area contributed by atoms with E-state index in [9.17, 15) is 13.2 Å². The van der Waals surface area contributed by atoms with Crippen molar-refractivity contribution in [2.75, 3.05) is 18.8 Å². The van der Waals surface area contributed by atoms with Gasteiger partial charge in [0.2, 0.25) is 10.0 Å². The minimum atomic E-state index is -3.21. The fraction of sp³-hybridized carbons (Fsp3) is 0.474. The zero-order valence-electron chi connectivity index (χ0n) is 16.6. The molecule has 0 unspecified atom stereocenters. The van der Waals surface area contributed by atoms with E-state index in [1.807, 2.05) is 25.1 Å². The average Bonchev–Trinajstić information content (AvgIpc) is 3.11. The number of benzene rings is 1. The number of H-pyrrole nitrogens is 1. The van der Waals surface area contributed by atoms with E-state index in [-0.39, 0.29) is 22.7 Å². The predicted molar refractivity (Wildman–Crippen MR) is 114 cm³/mol. The third-order valence-electron chi connectivity index (χ3n) is 5.31. The summed E-state index contributed by atoms with van der Waals surface area (Å²) >= 11 is 6.06. The zero-order valence-corrected chi connectivity index (χ0v) is 18.2. The lowest BCUT2D eigenvalue weighted by Gasteiger charge is -2.30. The molecule has 3 heterocycles. The summed E-state index contributed by atoms with van der Waals surface area (Å²) in [5.41, 5.74) is 1.18. The van der Waals surface area contributed by atoms with E-state index < -0.39 is 10.0 Å². The highest BCUT2D eigenvalue weighted by molar-refractivity contribution is 7.89. The van der Waals surface area contributed by atoms with Gasteiger partial charge in [-0.3, -0.25) is 4.79 Å². The van der Waals surface area contributed by atoms with Crippen LogP contribution in [0.25, 0.3) is 11.2 Å². The molecule has 0 atom stereocenters. The number of hydrogen-bond donors (Lipinski definition) is 1. The highest BCUT2D eigenvalue weighted by atomic mass is 35.5. The van der Waals surface area contributed by atoms with Crippen molar-refractivity contribution in [3.63, 3.8) is 0 Å². The topological polar surface area (TPSA) is 114 Å². The fourth-order valence-corrected chi connectivity index (χ4v) is 5.54. The number of fused-ring (bicyclic) bond motifs is 1. The van der Waals surface area contributed by atoms with Gasteiger partial charge < -0.3 is 4.98 Å².